The van der Waals surface area contributed by atoms with Gasteiger partial charge in [0.25, 0.3) is 11.1 Å². The zero-order valence-corrected chi connectivity index (χ0v) is 67.0. The van der Waals surface area contributed by atoms with Crippen molar-refractivity contribution in [1.82, 2.24) is 66.7 Å². The third-order valence-corrected chi connectivity index (χ3v) is 16.9. The number of aliphatic hydroxyl groups is 1. The average molecular weight is 1610 g/mol. The molecule has 4 atom stereocenters. The van der Waals surface area contributed by atoms with Gasteiger partial charge >= 0.3 is 24.8 Å². The first kappa shape index (κ1) is 99.3. The van der Waals surface area contributed by atoms with Crippen LogP contribution in [0.5, 0.6) is 11.8 Å². The summed E-state index contributed by atoms with van der Waals surface area (Å²) in [6.45, 7) is 25.5. The van der Waals surface area contributed by atoms with Crippen molar-refractivity contribution in [2.24, 2.45) is 31.7 Å². The van der Waals surface area contributed by atoms with E-state index in [1.807, 2.05) is 148 Å². The normalized spacial score (nSPS) is 14.3. The number of aliphatic hydroxyl groups excluding tert-OH is 1. The Labute approximate surface area is 674 Å². The predicted octanol–water partition coefficient (Wildman–Crippen LogP) is 10.7. The quantitative estimate of drug-likeness (QED) is 0.0302. The summed E-state index contributed by atoms with van der Waals surface area (Å²) in [7, 11) is 10.6. The minimum atomic E-state index is -1.67. The summed E-state index contributed by atoms with van der Waals surface area (Å²) in [5.74, 6) is 3.09. The van der Waals surface area contributed by atoms with E-state index >= 15 is 0 Å². The maximum atomic E-state index is 12.5. The molecule has 2 saturated carbocycles. The van der Waals surface area contributed by atoms with Gasteiger partial charge in [-0.3, -0.25) is 44.5 Å². The van der Waals surface area contributed by atoms with E-state index in [-0.39, 0.29) is 81.1 Å². The fourth-order valence-corrected chi connectivity index (χ4v) is 10.9. The molecule has 0 bridgehead atoms. The van der Waals surface area contributed by atoms with Crippen molar-refractivity contribution in [3.05, 3.63) is 248 Å². The van der Waals surface area contributed by atoms with Crippen LogP contribution in [0.4, 0.5) is 0 Å². The second-order valence-electron chi connectivity index (χ2n) is 24.1. The van der Waals surface area contributed by atoms with Gasteiger partial charge in [-0.2, -0.15) is 0 Å². The predicted molar refractivity (Wildman–Crippen MR) is 431 cm³/mol. The van der Waals surface area contributed by atoms with Crippen LogP contribution in [0, 0.1) is 81.1 Å². The molecule has 23 nitrogen and oxygen atoms in total. The number of nitrogens with two attached hydrogens (primary N) is 1. The van der Waals surface area contributed by atoms with Gasteiger partial charge in [-0.1, -0.05) is 43.8 Å². The number of hydrogen-bond donors (Lipinski definition) is 4. The average Bonchev–Trinajstić information content (AvgIpc) is 1.68. The number of alkyl halides is 1. The molecule has 1 aliphatic heterocycles. The van der Waals surface area contributed by atoms with E-state index in [9.17, 15) is 14.4 Å². The Morgan fingerprint density at radius 3 is 1.38 bits per heavy atom. The number of carbonyl (C=O) groups excluding carboxylic acids is 1. The fraction of sp³-hybridized carbons (Fsp3) is 0.421. The third-order valence-electron chi connectivity index (χ3n) is 16.1. The van der Waals surface area contributed by atoms with Gasteiger partial charge in [0, 0.05) is 177 Å². The summed E-state index contributed by atoms with van der Waals surface area (Å²) >= 11 is 8.85. The summed E-state index contributed by atoms with van der Waals surface area (Å²) < 4.78 is 33.6. The zero-order valence-electron chi connectivity index (χ0n) is 63.3. The number of halogens is 4. The number of nitrogens with zero attached hydrogens (tertiary/aromatic N) is 11. The van der Waals surface area contributed by atoms with Crippen molar-refractivity contribution in [2.75, 3.05) is 33.0 Å². The first-order valence-corrected chi connectivity index (χ1v) is 37.3. The third kappa shape index (κ3) is 35.6. The maximum Gasteiger partial charge on any atom is 1.00 e. The summed E-state index contributed by atoms with van der Waals surface area (Å²) in [5.41, 5.74) is 22.8. The van der Waals surface area contributed by atoms with E-state index in [1.54, 1.807) is 52.2 Å². The topological polar surface area (TPSA) is 347 Å². The smallest absolute Gasteiger partial charge is 1.00 e. The van der Waals surface area contributed by atoms with Crippen LogP contribution in [0.25, 0.3) is 0 Å². The van der Waals surface area contributed by atoms with Gasteiger partial charge < -0.3 is 43.5 Å². The van der Waals surface area contributed by atoms with E-state index in [0.29, 0.717) is 84.1 Å². The Kier molecular flexibility index (Phi) is 49.1. The second-order valence-corrected chi connectivity index (χ2v) is 27.8. The molecule has 9 aromatic heterocycles. The molecule has 0 amide bonds. The van der Waals surface area contributed by atoms with Gasteiger partial charge in [-0.25, -0.2) is 18.4 Å². The molecule has 10 heterocycles. The molecule has 9 aromatic rings. The van der Waals surface area contributed by atoms with Gasteiger partial charge in [-0.05, 0) is 214 Å². The maximum absolute atomic E-state index is 12.5. The molecular weight excluding hydrogens is 1510 g/mol. The van der Waals surface area contributed by atoms with Crippen LogP contribution in [0.3, 0.4) is 0 Å². The second kappa shape index (κ2) is 52.4. The molecule has 30 heteroatoms. The number of aromatic nitrogens is 11. The Morgan fingerprint density at radius 1 is 0.613 bits per heavy atom. The minimum Gasteiger partial charge on any atom is -1.00 e. The van der Waals surface area contributed by atoms with Crippen molar-refractivity contribution >= 4 is 81.5 Å². The summed E-state index contributed by atoms with van der Waals surface area (Å²) in [4.78, 5) is 65.5. The Hall–Kier alpha value is -6.69. The molecule has 3 fully saturated rings. The van der Waals surface area contributed by atoms with Crippen LogP contribution >= 0.6 is 48.9 Å². The molecule has 3 aliphatic rings. The van der Waals surface area contributed by atoms with E-state index in [0.717, 1.165) is 129 Å². The first-order chi connectivity index (χ1) is 48.2. The monoisotopic (exact) mass is 1610 g/mol. The van der Waals surface area contributed by atoms with Crippen molar-refractivity contribution in [3.8, 4) is 11.8 Å². The summed E-state index contributed by atoms with van der Waals surface area (Å²) in [6, 6.07) is 34.8. The molecule has 2 aliphatic carbocycles. The number of aryl methyl sites for hydroxylation is 14. The standard InChI is InChI=1S/C23H26N4O2.C14H14BrN3O2.C10H13NO2.C8H10ClN.C8H12N2.C8H11NO.C4H8O.CH4.Al.Cl2OS.Li.2H3N.4H/c1-15-7-8-17(16(2)25-15)9-10-18-13-22(26-27(3)23(18)28)29-14-19-12-20(19)21-6-4-5-11-24-21;1-18-14(19)11(15)7-13(17-18)20-8-9-6-10(9)12-4-2-3-5-16-12;1-4-13-10(12)9-6-5-7(2)11-8(9)3;2*1-6-3-4-8(5-9)7(2)10-6;1-6-3-4-8(5-10)7(2)9-6;1-2-4-5-3-1;;;1-4(2)3;;;;;;;/h4-8,11,13,19-20H,9-10,12,14H2,1-3H3;2-5,7,9-10H,6,8H2,1H3;5-6H,4H2,1-3H3;3-4H,5H2,1-2H3;3-4H,5,9H2,1-2H3;3-4,10H,5H2,1-2H3;1-4H2;1H4;;;;2*1H3;;;;/q;;;;;;;;;;+1;;;;;;-1/t19-,20+;9-,10+;;;;;;;;;;;;;;;/m11.............../s1. The van der Waals surface area contributed by atoms with Gasteiger partial charge in [0.2, 0.25) is 21.0 Å². The van der Waals surface area contributed by atoms with Crippen LogP contribution in [0.15, 0.2) is 136 Å². The summed E-state index contributed by atoms with van der Waals surface area (Å²) in [5, 5.41) is 17.1. The van der Waals surface area contributed by atoms with Gasteiger partial charge in [0.1, 0.15) is 0 Å². The van der Waals surface area contributed by atoms with Crippen LogP contribution in [0.1, 0.15) is 160 Å². The molecule has 0 unspecified atom stereocenters. The molecular formula is C76H108AlBrCl3LiN14O9S. The van der Waals surface area contributed by atoms with Crippen LogP contribution in [0.2, 0.25) is 0 Å². The number of pyridine rings is 7. The molecule has 0 radical (unpaired) electrons. The molecule has 9 N–H and O–H groups in total. The Balaban J connectivity index is 0. The number of hydrogen-bond acceptors (Lipinski definition) is 21. The number of ether oxygens (including phenoxy) is 4. The van der Waals surface area contributed by atoms with Gasteiger partial charge in [0.15, 0.2) is 17.4 Å². The van der Waals surface area contributed by atoms with Crippen molar-refractivity contribution < 1.29 is 53.3 Å². The van der Waals surface area contributed by atoms with Crippen molar-refractivity contribution in [3.63, 3.8) is 0 Å². The van der Waals surface area contributed by atoms with Crippen LogP contribution < -0.4 is 57.5 Å². The zero-order chi connectivity index (χ0) is 74.1. The molecule has 574 valence electrons. The molecule has 1 saturated heterocycles. The molecule has 0 aromatic carbocycles. The van der Waals surface area contributed by atoms with E-state index < -0.39 is 9.23 Å². The Morgan fingerprint density at radius 2 is 1.01 bits per heavy atom. The van der Waals surface area contributed by atoms with Crippen LogP contribution in [-0.4, -0.2) is 120 Å². The minimum absolute atomic E-state index is 0. The molecule has 12 rings (SSSR count). The SMILES string of the molecule is C.C1CCOC1.CCOC(=O)c1ccc(C)nc1C.Cc1ccc(CCc2cc(OC[C@H]3C[C@@H]3c3ccccn3)nn(C)c2=O)c(C)n1.Cc1ccc(CCl)c(C)n1.Cc1ccc(CN)c(C)n1.Cc1ccc(CO)c(C)n1.Cn1nc(OC[C@H]2C[C@@H]2c2ccccn2)cc(Br)c1=O.N.N.O=S(Cl)Cl.[AlH3].[H-].[Li+]. The molecule has 106 heavy (non-hydrogen) atoms. The number of rotatable bonds is 16. The van der Waals surface area contributed by atoms with Gasteiger partial charge in [-0.15, -0.1) is 21.8 Å². The number of carbonyl (C=O) groups is 1. The van der Waals surface area contributed by atoms with E-state index in [2.05, 4.69) is 94.5 Å². The largest absolute Gasteiger partial charge is 1.00 e. The molecule has 0 spiro atoms. The fourth-order valence-electron chi connectivity index (χ4n) is 10.2. The number of esters is 1. The van der Waals surface area contributed by atoms with Gasteiger partial charge in [0.05, 0.1) is 42.2 Å². The van der Waals surface area contributed by atoms with Crippen molar-refractivity contribution in [2.45, 2.75) is 153 Å². The summed E-state index contributed by atoms with van der Waals surface area (Å²) in [6.07, 6.45) is 9.77. The van der Waals surface area contributed by atoms with E-state index in [4.69, 9.17) is 45.6 Å². The first-order valence-electron chi connectivity index (χ1n) is 33.2. The van der Waals surface area contributed by atoms with Crippen LogP contribution in [-0.2, 0) is 64.7 Å². The Bertz CT molecular complexity index is 4090. The van der Waals surface area contributed by atoms with Crippen molar-refractivity contribution in [1.29, 1.82) is 0 Å². The van der Waals surface area contributed by atoms with E-state index in [1.165, 1.54) is 22.2 Å².